The fraction of sp³-hybridized carbons (Fsp3) is 0.0448. The Morgan fingerprint density at radius 2 is 1.03 bits per heavy atom. The summed E-state index contributed by atoms with van der Waals surface area (Å²) in [5.74, 6) is 0. The minimum Gasteiger partial charge on any atom is -0.455 e. The molecule has 2 aromatic heterocycles. The zero-order valence-electron chi connectivity index (χ0n) is 38.9. The van der Waals surface area contributed by atoms with E-state index >= 15 is 0 Å². The van der Waals surface area contributed by atoms with Crippen LogP contribution >= 0.6 is 0 Å². The quantitative estimate of drug-likeness (QED) is 0.159. The highest BCUT2D eigenvalue weighted by Crippen LogP contribution is 2.52. The highest BCUT2D eigenvalue weighted by Gasteiger charge is 2.35. The highest BCUT2D eigenvalue weighted by molar-refractivity contribution is 6.14. The van der Waals surface area contributed by atoms with Gasteiger partial charge >= 0.3 is 0 Å². The van der Waals surface area contributed by atoms with E-state index in [0.29, 0.717) is 0 Å². The first kappa shape index (κ1) is 40.2. The molecule has 330 valence electrons. The molecule has 1 aliphatic carbocycles. The molecule has 11 aromatic carbocycles. The van der Waals surface area contributed by atoms with E-state index in [4.69, 9.17) is 4.42 Å². The monoisotopic (exact) mass is 894 g/mol. The van der Waals surface area contributed by atoms with Gasteiger partial charge in [-0.3, -0.25) is 0 Å². The second-order valence-electron chi connectivity index (χ2n) is 19.2. The van der Waals surface area contributed by atoms with E-state index in [1.807, 2.05) is 0 Å². The lowest BCUT2D eigenvalue weighted by molar-refractivity contribution is 0.660. The number of furan rings is 1. The maximum absolute atomic E-state index is 7.05. The van der Waals surface area contributed by atoms with Crippen molar-refractivity contribution in [3.63, 3.8) is 0 Å². The molecule has 0 bridgehead atoms. The topological polar surface area (TPSA) is 21.3 Å². The van der Waals surface area contributed by atoms with Crippen LogP contribution in [0, 0.1) is 0 Å². The maximum Gasteiger partial charge on any atom is 0.145 e. The van der Waals surface area contributed by atoms with E-state index in [2.05, 4.69) is 266 Å². The lowest BCUT2D eigenvalue weighted by Gasteiger charge is -2.30. The van der Waals surface area contributed by atoms with Crippen molar-refractivity contribution in [2.24, 2.45) is 0 Å². The van der Waals surface area contributed by atoms with Crippen molar-refractivity contribution in [3.8, 4) is 50.2 Å². The molecule has 70 heavy (non-hydrogen) atoms. The van der Waals surface area contributed by atoms with E-state index in [-0.39, 0.29) is 5.41 Å². The summed E-state index contributed by atoms with van der Waals surface area (Å²) in [6.45, 7) is 4.70. The van der Waals surface area contributed by atoms with Crippen molar-refractivity contribution < 1.29 is 4.42 Å². The Hall–Kier alpha value is -8.92. The van der Waals surface area contributed by atoms with Crippen molar-refractivity contribution in [1.29, 1.82) is 0 Å². The minimum absolute atomic E-state index is 0.0876. The van der Waals surface area contributed by atoms with Gasteiger partial charge in [0.15, 0.2) is 0 Å². The van der Waals surface area contributed by atoms with Crippen LogP contribution in [0.2, 0.25) is 0 Å². The summed E-state index contributed by atoms with van der Waals surface area (Å²) in [6.07, 6.45) is 0. The number of nitrogens with zero attached hydrogens (tertiary/aromatic N) is 2. The third-order valence-electron chi connectivity index (χ3n) is 15.0. The zero-order valence-corrected chi connectivity index (χ0v) is 38.9. The summed E-state index contributed by atoms with van der Waals surface area (Å²) in [6, 6.07) is 88.7. The molecular formula is C67H46N2O. The molecule has 13 aromatic rings. The SMILES string of the molecule is CC1(C)c2ccccc2-c2ccc(-c3ccc(N(c4ccccc4-c4ccc5ccccc5c4)c4ccc5c(oc6ccccc65)c4-c4cccc(-n5c6ccccc6c6ccccc65)c4)cc3)cc21. The number of rotatable bonds is 7. The van der Waals surface area contributed by atoms with E-state index in [1.165, 1.54) is 66.0 Å². The van der Waals surface area contributed by atoms with Crippen molar-refractivity contribution >= 4 is 71.6 Å². The fourth-order valence-corrected chi connectivity index (χ4v) is 11.6. The largest absolute Gasteiger partial charge is 0.455 e. The van der Waals surface area contributed by atoms with Crippen molar-refractivity contribution in [3.05, 3.63) is 254 Å². The fourth-order valence-electron chi connectivity index (χ4n) is 11.6. The molecule has 1 aliphatic rings. The Kier molecular flexibility index (Phi) is 8.93. The Morgan fingerprint density at radius 1 is 0.386 bits per heavy atom. The van der Waals surface area contributed by atoms with Crippen LogP contribution in [0.1, 0.15) is 25.0 Å². The smallest absolute Gasteiger partial charge is 0.145 e. The summed E-state index contributed by atoms with van der Waals surface area (Å²) < 4.78 is 9.45. The predicted octanol–water partition coefficient (Wildman–Crippen LogP) is 18.6. The summed E-state index contributed by atoms with van der Waals surface area (Å²) in [5.41, 5.74) is 20.3. The Morgan fingerprint density at radius 3 is 1.84 bits per heavy atom. The third kappa shape index (κ3) is 6.15. The molecular weight excluding hydrogens is 849 g/mol. The van der Waals surface area contributed by atoms with Crippen molar-refractivity contribution in [2.45, 2.75) is 19.3 Å². The van der Waals surface area contributed by atoms with Gasteiger partial charge in [0.05, 0.1) is 22.4 Å². The van der Waals surface area contributed by atoms with Crippen LogP contribution in [0.4, 0.5) is 17.1 Å². The maximum atomic E-state index is 7.05. The van der Waals surface area contributed by atoms with Gasteiger partial charge in [-0.2, -0.15) is 0 Å². The molecule has 0 atom stereocenters. The lowest BCUT2D eigenvalue weighted by Crippen LogP contribution is -2.14. The van der Waals surface area contributed by atoms with Crippen LogP contribution in [-0.2, 0) is 5.41 Å². The molecule has 0 aliphatic heterocycles. The Balaban J connectivity index is 1.00. The van der Waals surface area contributed by atoms with Crippen LogP contribution in [0.25, 0.3) is 105 Å². The average Bonchev–Trinajstić information content (AvgIpc) is 4.04. The van der Waals surface area contributed by atoms with Gasteiger partial charge in [0.25, 0.3) is 0 Å². The standard InChI is InChI=1S/C67H46N2O/c1-67(2)58-25-10-5-21-52(58)53-37-34-46(42-59(53)67)44-32-35-49(36-33-44)68(60-26-11-6-20-51(60)47-31-30-43-16-3-4-17-45(43)40-47)63-39-38-57-56-24-9-14-29-64(56)70-66(57)65(63)48-18-15-19-50(41-48)69-61-27-12-7-22-54(61)55-23-8-13-28-62(55)69/h3-42H,1-2H3. The summed E-state index contributed by atoms with van der Waals surface area (Å²) in [7, 11) is 0. The molecule has 3 heteroatoms. The first-order chi connectivity index (χ1) is 34.5. The van der Waals surface area contributed by atoms with Gasteiger partial charge < -0.3 is 13.9 Å². The molecule has 0 N–H and O–H groups in total. The van der Waals surface area contributed by atoms with Gasteiger partial charge in [-0.1, -0.05) is 184 Å². The molecule has 0 spiro atoms. The van der Waals surface area contributed by atoms with Crippen LogP contribution in [0.15, 0.2) is 247 Å². The van der Waals surface area contributed by atoms with E-state index in [9.17, 15) is 0 Å². The molecule has 0 saturated carbocycles. The van der Waals surface area contributed by atoms with Crippen LogP contribution in [0.5, 0.6) is 0 Å². The zero-order chi connectivity index (χ0) is 46.5. The predicted molar refractivity (Wildman–Crippen MR) is 294 cm³/mol. The number of para-hydroxylation sites is 4. The molecule has 14 rings (SSSR count). The molecule has 0 unspecified atom stereocenters. The molecule has 3 nitrogen and oxygen atoms in total. The number of hydrogen-bond acceptors (Lipinski definition) is 2. The third-order valence-corrected chi connectivity index (χ3v) is 15.0. The molecule has 2 heterocycles. The highest BCUT2D eigenvalue weighted by atomic mass is 16.3. The Labute approximate surface area is 406 Å². The first-order valence-electron chi connectivity index (χ1n) is 24.2. The molecule has 0 amide bonds. The van der Waals surface area contributed by atoms with Gasteiger partial charge in [0.1, 0.15) is 11.2 Å². The molecule has 0 radical (unpaired) electrons. The van der Waals surface area contributed by atoms with Crippen LogP contribution in [0.3, 0.4) is 0 Å². The number of anilines is 3. The number of aromatic nitrogens is 1. The summed E-state index contributed by atoms with van der Waals surface area (Å²) in [4.78, 5) is 2.45. The van der Waals surface area contributed by atoms with Gasteiger partial charge in [0, 0.05) is 49.5 Å². The normalized spacial score (nSPS) is 12.8. The van der Waals surface area contributed by atoms with Crippen molar-refractivity contribution in [2.75, 3.05) is 4.90 Å². The second-order valence-corrected chi connectivity index (χ2v) is 19.2. The van der Waals surface area contributed by atoms with E-state index in [1.54, 1.807) is 0 Å². The number of hydrogen-bond donors (Lipinski definition) is 0. The lowest BCUT2D eigenvalue weighted by atomic mass is 9.81. The molecule has 0 saturated heterocycles. The van der Waals surface area contributed by atoms with Crippen LogP contribution < -0.4 is 4.90 Å². The number of fused-ring (bicyclic) bond motifs is 10. The van der Waals surface area contributed by atoms with Gasteiger partial charge in [0.2, 0.25) is 0 Å². The van der Waals surface area contributed by atoms with E-state index in [0.717, 1.165) is 66.9 Å². The van der Waals surface area contributed by atoms with Gasteiger partial charge in [-0.25, -0.2) is 0 Å². The second kappa shape index (κ2) is 15.6. The first-order valence-corrected chi connectivity index (χ1v) is 24.2. The van der Waals surface area contributed by atoms with Gasteiger partial charge in [-0.05, 0) is 128 Å². The Bertz CT molecular complexity index is 4170. The summed E-state index contributed by atoms with van der Waals surface area (Å²) >= 11 is 0. The minimum atomic E-state index is -0.0876. The van der Waals surface area contributed by atoms with Crippen molar-refractivity contribution in [1.82, 2.24) is 4.57 Å². The van der Waals surface area contributed by atoms with Crippen LogP contribution in [-0.4, -0.2) is 4.57 Å². The number of benzene rings is 11. The summed E-state index contributed by atoms with van der Waals surface area (Å²) in [5, 5.41) is 7.07. The van der Waals surface area contributed by atoms with Gasteiger partial charge in [-0.15, -0.1) is 0 Å². The average molecular weight is 895 g/mol. The molecule has 0 fully saturated rings. The van der Waals surface area contributed by atoms with E-state index < -0.39 is 0 Å².